The lowest BCUT2D eigenvalue weighted by atomic mass is 9.79. The van der Waals surface area contributed by atoms with Gasteiger partial charge >= 0.3 is 0 Å². The molecule has 1 saturated heterocycles. The van der Waals surface area contributed by atoms with E-state index < -0.39 is 85.9 Å². The zero-order chi connectivity index (χ0) is 21.9. The van der Waals surface area contributed by atoms with E-state index in [9.17, 15) is 40.2 Å². The Morgan fingerprint density at radius 3 is 2.03 bits per heavy atom. The average Bonchev–Trinajstić information content (AvgIpc) is 2.65. The molecule has 2 amide bonds. The topological polar surface area (TPSA) is 198 Å². The molecule has 0 aromatic rings. The number of hydrogen-bond acceptors (Lipinski definition) is 10. The number of amides is 2. The number of ether oxygens (including phenoxy) is 2. The summed E-state index contributed by atoms with van der Waals surface area (Å²) in [6.07, 6.45) is -9.22. The number of nitrogens with one attached hydrogen (secondary N) is 2. The molecule has 1 aliphatic heterocycles. The van der Waals surface area contributed by atoms with Crippen LogP contribution in [-0.4, -0.2) is 111 Å². The summed E-state index contributed by atoms with van der Waals surface area (Å²) >= 11 is 0. The van der Waals surface area contributed by atoms with Crippen molar-refractivity contribution in [2.75, 3.05) is 13.2 Å². The summed E-state index contributed by atoms with van der Waals surface area (Å²) in [4.78, 5) is 22.9. The van der Waals surface area contributed by atoms with Crippen LogP contribution in [-0.2, 0) is 19.1 Å². The Morgan fingerprint density at radius 2 is 1.52 bits per heavy atom. The molecular weight excluding hydrogens is 392 g/mol. The third-order valence-electron chi connectivity index (χ3n) is 5.32. The van der Waals surface area contributed by atoms with Gasteiger partial charge in [-0.05, 0) is 6.42 Å². The van der Waals surface area contributed by atoms with Crippen molar-refractivity contribution < 1.29 is 49.7 Å². The third kappa shape index (κ3) is 5.41. The summed E-state index contributed by atoms with van der Waals surface area (Å²) in [5, 5.41) is 65.1. The first-order chi connectivity index (χ1) is 13.6. The standard InChI is InChI=1S/C17H30N2O10/c1-6(22)18-11-9(3-8(4-20)13(24)14(11)25)28-16-10(5-21)29-17(27)12(15(16)26)19-7(2)23/h8-17,20-21,24-27H,3-5H2,1-2H3,(H,18,22)(H,19,23). The highest BCUT2D eigenvalue weighted by atomic mass is 16.6. The molecular formula is C17H30N2O10. The van der Waals surface area contributed by atoms with Crippen LogP contribution in [0.3, 0.4) is 0 Å². The fraction of sp³-hybridized carbons (Fsp3) is 0.882. The van der Waals surface area contributed by atoms with Crippen LogP contribution in [0.2, 0.25) is 0 Å². The quantitative estimate of drug-likeness (QED) is 0.207. The van der Waals surface area contributed by atoms with Crippen molar-refractivity contribution in [3.05, 3.63) is 0 Å². The van der Waals surface area contributed by atoms with Crippen LogP contribution in [0.5, 0.6) is 0 Å². The van der Waals surface area contributed by atoms with Crippen LogP contribution in [0.1, 0.15) is 20.3 Å². The minimum atomic E-state index is -1.60. The van der Waals surface area contributed by atoms with Gasteiger partial charge in [-0.25, -0.2) is 0 Å². The smallest absolute Gasteiger partial charge is 0.217 e. The maximum absolute atomic E-state index is 11.6. The predicted octanol–water partition coefficient (Wildman–Crippen LogP) is -4.45. The van der Waals surface area contributed by atoms with Gasteiger partial charge < -0.3 is 50.7 Å². The first kappa shape index (κ1) is 23.9. The second-order valence-corrected chi connectivity index (χ2v) is 7.49. The molecule has 1 saturated carbocycles. The van der Waals surface area contributed by atoms with Crippen LogP contribution in [0.4, 0.5) is 0 Å². The molecule has 10 unspecified atom stereocenters. The highest BCUT2D eigenvalue weighted by Crippen LogP contribution is 2.32. The second-order valence-electron chi connectivity index (χ2n) is 7.49. The van der Waals surface area contributed by atoms with E-state index in [2.05, 4.69) is 10.6 Å². The monoisotopic (exact) mass is 422 g/mol. The van der Waals surface area contributed by atoms with E-state index in [-0.39, 0.29) is 6.42 Å². The Hall–Kier alpha value is -1.38. The highest BCUT2D eigenvalue weighted by Gasteiger charge is 2.50. The summed E-state index contributed by atoms with van der Waals surface area (Å²) < 4.78 is 11.1. The van der Waals surface area contributed by atoms with Crippen molar-refractivity contribution in [2.24, 2.45) is 5.92 Å². The van der Waals surface area contributed by atoms with Gasteiger partial charge in [0.1, 0.15) is 30.5 Å². The van der Waals surface area contributed by atoms with Crippen molar-refractivity contribution in [2.45, 2.75) is 75.3 Å². The van der Waals surface area contributed by atoms with E-state index in [1.54, 1.807) is 0 Å². The van der Waals surface area contributed by atoms with E-state index in [0.29, 0.717) is 0 Å². The number of rotatable bonds is 6. The predicted molar refractivity (Wildman–Crippen MR) is 95.0 cm³/mol. The van der Waals surface area contributed by atoms with Crippen LogP contribution in [0.15, 0.2) is 0 Å². The van der Waals surface area contributed by atoms with Gasteiger partial charge in [-0.15, -0.1) is 0 Å². The van der Waals surface area contributed by atoms with Crippen molar-refractivity contribution in [3.8, 4) is 0 Å². The number of carbonyl (C=O) groups is 2. The highest BCUT2D eigenvalue weighted by molar-refractivity contribution is 5.73. The zero-order valence-electron chi connectivity index (χ0n) is 16.2. The minimum absolute atomic E-state index is 0.0222. The van der Waals surface area contributed by atoms with Gasteiger partial charge in [0, 0.05) is 26.4 Å². The van der Waals surface area contributed by atoms with E-state index in [1.165, 1.54) is 13.8 Å². The van der Waals surface area contributed by atoms with Crippen molar-refractivity contribution >= 4 is 11.8 Å². The van der Waals surface area contributed by atoms with Crippen molar-refractivity contribution in [3.63, 3.8) is 0 Å². The lowest BCUT2D eigenvalue weighted by molar-refractivity contribution is -0.278. The number of carbonyl (C=O) groups excluding carboxylic acids is 2. The summed E-state index contributed by atoms with van der Waals surface area (Å²) in [7, 11) is 0. The number of hydrogen-bond donors (Lipinski definition) is 8. The lowest BCUT2D eigenvalue weighted by Crippen LogP contribution is -2.67. The maximum atomic E-state index is 11.6. The molecule has 1 heterocycles. The maximum Gasteiger partial charge on any atom is 0.217 e. The van der Waals surface area contributed by atoms with E-state index in [0.717, 1.165) is 0 Å². The van der Waals surface area contributed by atoms with Crippen LogP contribution in [0, 0.1) is 5.92 Å². The molecule has 168 valence electrons. The minimum Gasteiger partial charge on any atom is -0.396 e. The van der Waals surface area contributed by atoms with Crippen LogP contribution >= 0.6 is 0 Å². The molecule has 0 spiro atoms. The summed E-state index contributed by atoms with van der Waals surface area (Å²) in [5.41, 5.74) is 0. The van der Waals surface area contributed by atoms with Crippen LogP contribution < -0.4 is 10.6 Å². The molecule has 8 N–H and O–H groups in total. The molecule has 12 nitrogen and oxygen atoms in total. The van der Waals surface area contributed by atoms with Gasteiger partial charge in [0.15, 0.2) is 6.29 Å². The summed E-state index contributed by atoms with van der Waals surface area (Å²) in [6.45, 7) is 1.32. The molecule has 0 bridgehead atoms. The summed E-state index contributed by atoms with van der Waals surface area (Å²) in [5.74, 6) is -1.79. The number of aliphatic hydroxyl groups is 6. The van der Waals surface area contributed by atoms with E-state index in [4.69, 9.17) is 9.47 Å². The Morgan fingerprint density at radius 1 is 0.931 bits per heavy atom. The molecule has 12 heteroatoms. The molecule has 2 rings (SSSR count). The molecule has 0 aromatic heterocycles. The largest absolute Gasteiger partial charge is 0.396 e. The van der Waals surface area contributed by atoms with Gasteiger partial charge in [0.2, 0.25) is 11.8 Å². The van der Waals surface area contributed by atoms with Gasteiger partial charge in [-0.3, -0.25) is 9.59 Å². The van der Waals surface area contributed by atoms with E-state index >= 15 is 0 Å². The SMILES string of the molecule is CC(=O)NC1C(O)OC(CO)C(OC2CC(CO)C(O)C(O)C2NC(C)=O)C1O. The molecule has 0 aromatic carbocycles. The van der Waals surface area contributed by atoms with Gasteiger partial charge in [0.05, 0.1) is 24.9 Å². The fourth-order valence-electron chi connectivity index (χ4n) is 3.87. The Labute approximate surface area is 167 Å². The Kier molecular flexibility index (Phi) is 8.31. The molecule has 2 fully saturated rings. The molecule has 2 aliphatic rings. The van der Waals surface area contributed by atoms with Gasteiger partial charge in [-0.1, -0.05) is 0 Å². The molecule has 29 heavy (non-hydrogen) atoms. The van der Waals surface area contributed by atoms with Gasteiger partial charge in [0.25, 0.3) is 0 Å². The fourth-order valence-corrected chi connectivity index (χ4v) is 3.87. The molecule has 0 radical (unpaired) electrons. The first-order valence-corrected chi connectivity index (χ1v) is 9.39. The van der Waals surface area contributed by atoms with Crippen LogP contribution in [0.25, 0.3) is 0 Å². The van der Waals surface area contributed by atoms with Crippen molar-refractivity contribution in [1.82, 2.24) is 10.6 Å². The molecule has 10 atom stereocenters. The molecule has 1 aliphatic carbocycles. The number of aliphatic hydroxyl groups excluding tert-OH is 6. The average molecular weight is 422 g/mol. The Bertz CT molecular complexity index is 578. The lowest BCUT2D eigenvalue weighted by Gasteiger charge is -2.47. The first-order valence-electron chi connectivity index (χ1n) is 9.39. The Balaban J connectivity index is 2.26. The summed E-state index contributed by atoms with van der Waals surface area (Å²) in [6, 6.07) is -2.31. The normalized spacial score (nSPS) is 42.9. The van der Waals surface area contributed by atoms with Crippen molar-refractivity contribution in [1.29, 1.82) is 0 Å². The zero-order valence-corrected chi connectivity index (χ0v) is 16.2. The third-order valence-corrected chi connectivity index (χ3v) is 5.32. The van der Waals surface area contributed by atoms with E-state index in [1.807, 2.05) is 0 Å². The van der Waals surface area contributed by atoms with Gasteiger partial charge in [-0.2, -0.15) is 0 Å². The second kappa shape index (κ2) is 10.1.